The molecule has 2 aromatic heterocycles. The first-order valence-corrected chi connectivity index (χ1v) is 9.16. The predicted octanol–water partition coefficient (Wildman–Crippen LogP) is 3.96. The van der Waals surface area contributed by atoms with E-state index in [1.54, 1.807) is 0 Å². The van der Waals surface area contributed by atoms with Crippen LogP contribution in [0.5, 0.6) is 0 Å². The summed E-state index contributed by atoms with van der Waals surface area (Å²) in [4.78, 5) is 11.8. The Morgan fingerprint density at radius 2 is 1.92 bits per heavy atom. The minimum Gasteiger partial charge on any atom is -0.355 e. The lowest BCUT2D eigenvalue weighted by Crippen LogP contribution is -2.38. The average molecular weight is 335 g/mol. The Bertz CT molecular complexity index is 847. The first-order valence-electron chi connectivity index (χ1n) is 9.16. The maximum atomic E-state index is 4.76. The number of hydrogen-bond acceptors (Lipinski definition) is 4. The van der Waals surface area contributed by atoms with Crippen LogP contribution in [0.4, 0.5) is 5.82 Å². The van der Waals surface area contributed by atoms with E-state index < -0.39 is 0 Å². The van der Waals surface area contributed by atoms with Crippen LogP contribution in [0.15, 0.2) is 36.5 Å². The van der Waals surface area contributed by atoms with Gasteiger partial charge in [0, 0.05) is 19.5 Å². The van der Waals surface area contributed by atoms with Crippen molar-refractivity contribution in [2.45, 2.75) is 39.5 Å². The number of piperidine rings is 1. The van der Waals surface area contributed by atoms with E-state index in [2.05, 4.69) is 58.2 Å². The van der Waals surface area contributed by atoms with Crippen LogP contribution in [0.2, 0.25) is 0 Å². The molecule has 130 valence electrons. The lowest BCUT2D eigenvalue weighted by Gasteiger charge is -2.39. The van der Waals surface area contributed by atoms with Crippen molar-refractivity contribution in [3.63, 3.8) is 0 Å². The van der Waals surface area contributed by atoms with Crippen LogP contribution in [0.25, 0.3) is 11.2 Å². The molecule has 1 N–H and O–H groups in total. The van der Waals surface area contributed by atoms with E-state index in [1.807, 2.05) is 12.3 Å². The Kier molecular flexibility index (Phi) is 4.15. The maximum absolute atomic E-state index is 4.76. The van der Waals surface area contributed by atoms with Gasteiger partial charge in [-0.1, -0.05) is 50.6 Å². The Hall–Kier alpha value is -2.43. The SMILES string of the molecule is CCC1(C)CCN(c2cnc3c(Cc4ccccc4)[nH]nc3n2)CC1. The van der Waals surface area contributed by atoms with Crippen molar-refractivity contribution in [1.82, 2.24) is 20.2 Å². The highest BCUT2D eigenvalue weighted by Gasteiger charge is 2.29. The van der Waals surface area contributed by atoms with E-state index in [4.69, 9.17) is 4.98 Å². The second-order valence-electron chi connectivity index (χ2n) is 7.42. The fourth-order valence-electron chi connectivity index (χ4n) is 3.54. The number of aromatic nitrogens is 4. The number of hydrogen-bond donors (Lipinski definition) is 1. The van der Waals surface area contributed by atoms with Crippen LogP contribution in [0.1, 0.15) is 44.4 Å². The summed E-state index contributed by atoms with van der Waals surface area (Å²) in [5.41, 5.74) is 4.34. The third-order valence-electron chi connectivity index (χ3n) is 5.70. The number of anilines is 1. The van der Waals surface area contributed by atoms with E-state index in [-0.39, 0.29) is 0 Å². The van der Waals surface area contributed by atoms with E-state index in [0.717, 1.165) is 36.5 Å². The van der Waals surface area contributed by atoms with Gasteiger partial charge in [-0.2, -0.15) is 5.10 Å². The molecular formula is C20H25N5. The molecule has 1 aliphatic heterocycles. The molecule has 0 saturated carbocycles. The van der Waals surface area contributed by atoms with E-state index in [0.29, 0.717) is 11.1 Å². The molecule has 0 amide bonds. The molecule has 1 aromatic carbocycles. The zero-order valence-corrected chi connectivity index (χ0v) is 15.0. The van der Waals surface area contributed by atoms with Gasteiger partial charge in [0.2, 0.25) is 5.65 Å². The molecule has 0 aliphatic carbocycles. The molecular weight excluding hydrogens is 310 g/mol. The van der Waals surface area contributed by atoms with Gasteiger partial charge >= 0.3 is 0 Å². The third kappa shape index (κ3) is 3.23. The molecule has 4 rings (SSSR count). The standard InChI is InChI=1S/C20H25N5/c1-3-20(2)9-11-25(12-10-20)17-14-21-18-16(23-24-19(18)22-17)13-15-7-5-4-6-8-15/h4-8,14H,3,9-13H2,1-2H3,(H,22,23,24). The maximum Gasteiger partial charge on any atom is 0.201 e. The lowest BCUT2D eigenvalue weighted by molar-refractivity contribution is 0.238. The van der Waals surface area contributed by atoms with Gasteiger partial charge < -0.3 is 4.90 Å². The monoisotopic (exact) mass is 335 g/mol. The Labute approximate surface area is 148 Å². The molecule has 0 atom stereocenters. The van der Waals surface area contributed by atoms with Crippen molar-refractivity contribution in [3.05, 3.63) is 47.8 Å². The summed E-state index contributed by atoms with van der Waals surface area (Å²) in [5, 5.41) is 7.51. The van der Waals surface area contributed by atoms with Crippen molar-refractivity contribution in [1.29, 1.82) is 0 Å². The summed E-state index contributed by atoms with van der Waals surface area (Å²) in [7, 11) is 0. The van der Waals surface area contributed by atoms with Crippen molar-refractivity contribution < 1.29 is 0 Å². The Morgan fingerprint density at radius 1 is 1.16 bits per heavy atom. The van der Waals surface area contributed by atoms with Gasteiger partial charge in [-0.15, -0.1) is 0 Å². The van der Waals surface area contributed by atoms with E-state index >= 15 is 0 Å². The zero-order valence-electron chi connectivity index (χ0n) is 15.0. The predicted molar refractivity (Wildman–Crippen MR) is 101 cm³/mol. The van der Waals surface area contributed by atoms with Gasteiger partial charge in [-0.25, -0.2) is 9.97 Å². The number of benzene rings is 1. The molecule has 5 heteroatoms. The number of fused-ring (bicyclic) bond motifs is 1. The summed E-state index contributed by atoms with van der Waals surface area (Å²) in [6, 6.07) is 10.4. The van der Waals surface area contributed by atoms with Gasteiger partial charge in [0.05, 0.1) is 11.9 Å². The minimum absolute atomic E-state index is 0.475. The van der Waals surface area contributed by atoms with E-state index in [9.17, 15) is 0 Å². The largest absolute Gasteiger partial charge is 0.355 e. The molecule has 0 spiro atoms. The highest BCUT2D eigenvalue weighted by Crippen LogP contribution is 2.35. The van der Waals surface area contributed by atoms with Crippen LogP contribution in [-0.2, 0) is 6.42 Å². The third-order valence-corrected chi connectivity index (χ3v) is 5.70. The molecule has 25 heavy (non-hydrogen) atoms. The molecule has 0 unspecified atom stereocenters. The minimum atomic E-state index is 0.475. The van der Waals surface area contributed by atoms with Gasteiger partial charge in [0.25, 0.3) is 0 Å². The number of nitrogens with one attached hydrogen (secondary N) is 1. The van der Waals surface area contributed by atoms with Crippen molar-refractivity contribution in [3.8, 4) is 0 Å². The van der Waals surface area contributed by atoms with Crippen LogP contribution in [-0.4, -0.2) is 33.3 Å². The zero-order chi connectivity index (χ0) is 17.3. The highest BCUT2D eigenvalue weighted by atomic mass is 15.2. The highest BCUT2D eigenvalue weighted by molar-refractivity contribution is 5.74. The quantitative estimate of drug-likeness (QED) is 0.784. The second kappa shape index (κ2) is 6.47. The molecule has 1 fully saturated rings. The number of aromatic amines is 1. The molecule has 1 aliphatic rings. The summed E-state index contributed by atoms with van der Waals surface area (Å²) in [5.74, 6) is 0.948. The smallest absolute Gasteiger partial charge is 0.201 e. The van der Waals surface area contributed by atoms with Crippen molar-refractivity contribution in [2.24, 2.45) is 5.41 Å². The average Bonchev–Trinajstić information content (AvgIpc) is 3.05. The van der Waals surface area contributed by atoms with E-state index in [1.165, 1.54) is 24.8 Å². The second-order valence-corrected chi connectivity index (χ2v) is 7.42. The first kappa shape index (κ1) is 16.1. The summed E-state index contributed by atoms with van der Waals surface area (Å²) in [6.45, 7) is 6.78. The Balaban J connectivity index is 1.54. The Morgan fingerprint density at radius 3 is 2.64 bits per heavy atom. The van der Waals surface area contributed by atoms with Crippen molar-refractivity contribution in [2.75, 3.05) is 18.0 Å². The van der Waals surface area contributed by atoms with Gasteiger partial charge in [0.1, 0.15) is 11.3 Å². The normalized spacial score (nSPS) is 17.1. The molecule has 3 aromatic rings. The first-order chi connectivity index (χ1) is 12.2. The molecule has 1 saturated heterocycles. The van der Waals surface area contributed by atoms with Crippen LogP contribution in [0, 0.1) is 5.41 Å². The molecule has 0 bridgehead atoms. The molecule has 0 radical (unpaired) electrons. The molecule has 5 nitrogen and oxygen atoms in total. The summed E-state index contributed by atoms with van der Waals surface area (Å²) < 4.78 is 0. The topological polar surface area (TPSA) is 57.7 Å². The van der Waals surface area contributed by atoms with Gasteiger partial charge in [0.15, 0.2) is 0 Å². The fraction of sp³-hybridized carbons (Fsp3) is 0.450. The van der Waals surface area contributed by atoms with Crippen LogP contribution in [0.3, 0.4) is 0 Å². The van der Waals surface area contributed by atoms with Crippen molar-refractivity contribution >= 4 is 17.0 Å². The summed E-state index contributed by atoms with van der Waals surface area (Å²) >= 11 is 0. The summed E-state index contributed by atoms with van der Waals surface area (Å²) in [6.07, 6.45) is 6.37. The number of nitrogens with zero attached hydrogens (tertiary/aromatic N) is 4. The van der Waals surface area contributed by atoms with Crippen LogP contribution >= 0.6 is 0 Å². The van der Waals surface area contributed by atoms with Gasteiger partial charge in [-0.3, -0.25) is 5.10 Å². The molecule has 3 heterocycles. The lowest BCUT2D eigenvalue weighted by atomic mass is 9.78. The van der Waals surface area contributed by atoms with Crippen LogP contribution < -0.4 is 4.90 Å². The number of rotatable bonds is 4. The number of H-pyrrole nitrogens is 1. The fourth-order valence-corrected chi connectivity index (χ4v) is 3.54. The van der Waals surface area contributed by atoms with Gasteiger partial charge in [-0.05, 0) is 23.8 Å².